The molecule has 0 unspecified atom stereocenters. The molecule has 0 aliphatic heterocycles. The Kier molecular flexibility index (Phi) is 6.11. The molecule has 4 heteroatoms. The maximum absolute atomic E-state index is 10.3. The number of thiophene rings is 1. The minimum Gasteiger partial charge on any atom is -0.481 e. The van der Waals surface area contributed by atoms with E-state index in [4.69, 9.17) is 5.11 Å². The first kappa shape index (κ1) is 13.2. The van der Waals surface area contributed by atoms with Crippen LogP contribution in [0, 0.1) is 6.92 Å². The van der Waals surface area contributed by atoms with Gasteiger partial charge >= 0.3 is 5.97 Å². The molecule has 0 saturated carbocycles. The van der Waals surface area contributed by atoms with Crippen molar-refractivity contribution < 1.29 is 9.90 Å². The van der Waals surface area contributed by atoms with Gasteiger partial charge in [0, 0.05) is 11.3 Å². The average Bonchev–Trinajstić information content (AvgIpc) is 2.62. The first-order valence-corrected chi connectivity index (χ1v) is 6.53. The quantitative estimate of drug-likeness (QED) is 0.687. The van der Waals surface area contributed by atoms with Gasteiger partial charge in [-0.05, 0) is 56.3 Å². The summed E-state index contributed by atoms with van der Waals surface area (Å²) in [6.07, 6.45) is 3.06. The summed E-state index contributed by atoms with van der Waals surface area (Å²) in [6, 6.07) is 2.15. The van der Waals surface area contributed by atoms with Crippen LogP contribution in [0.5, 0.6) is 0 Å². The van der Waals surface area contributed by atoms with Crippen LogP contribution in [0.4, 0.5) is 0 Å². The lowest BCUT2D eigenvalue weighted by Gasteiger charge is -2.03. The summed E-state index contributed by atoms with van der Waals surface area (Å²) in [6.45, 7) is 4.03. The number of carbonyl (C=O) groups is 1. The maximum Gasteiger partial charge on any atom is 0.303 e. The van der Waals surface area contributed by atoms with Crippen molar-refractivity contribution in [2.24, 2.45) is 0 Å². The normalized spacial score (nSPS) is 10.6. The molecule has 0 fully saturated rings. The Morgan fingerprint density at radius 2 is 2.25 bits per heavy atom. The fourth-order valence-corrected chi connectivity index (χ4v) is 2.42. The van der Waals surface area contributed by atoms with Gasteiger partial charge in [-0.25, -0.2) is 0 Å². The molecule has 3 nitrogen and oxygen atoms in total. The highest BCUT2D eigenvalue weighted by Crippen LogP contribution is 2.15. The number of unbranched alkanes of at least 4 members (excludes halogenated alkanes) is 1. The number of aliphatic carboxylic acids is 1. The lowest BCUT2D eigenvalue weighted by Crippen LogP contribution is -2.18. The fourth-order valence-electron chi connectivity index (χ4n) is 1.51. The van der Waals surface area contributed by atoms with E-state index in [2.05, 4.69) is 23.7 Å². The number of hydrogen-bond acceptors (Lipinski definition) is 3. The molecule has 0 spiro atoms. The molecular formula is C12H19NO2S. The van der Waals surface area contributed by atoms with E-state index in [0.29, 0.717) is 0 Å². The number of rotatable bonds is 8. The Labute approximate surface area is 100 Å². The Morgan fingerprint density at radius 3 is 2.88 bits per heavy atom. The van der Waals surface area contributed by atoms with Gasteiger partial charge in [-0.15, -0.1) is 11.3 Å². The largest absolute Gasteiger partial charge is 0.481 e. The SMILES string of the molecule is Cc1ccsc1CCNCCCCC(=O)O. The summed E-state index contributed by atoms with van der Waals surface area (Å²) in [4.78, 5) is 11.7. The molecule has 0 aliphatic carbocycles. The Balaban J connectivity index is 1.96. The summed E-state index contributed by atoms with van der Waals surface area (Å²) in [7, 11) is 0. The number of hydrogen-bond donors (Lipinski definition) is 2. The Hall–Kier alpha value is -0.870. The first-order valence-electron chi connectivity index (χ1n) is 5.65. The predicted octanol–water partition coefficient (Wildman–Crippen LogP) is 2.44. The lowest BCUT2D eigenvalue weighted by molar-refractivity contribution is -0.137. The minimum absolute atomic E-state index is 0.283. The molecule has 0 aliphatic rings. The summed E-state index contributed by atoms with van der Waals surface area (Å²) < 4.78 is 0. The molecule has 1 aromatic heterocycles. The summed E-state index contributed by atoms with van der Waals surface area (Å²) in [5.41, 5.74) is 1.37. The third-order valence-electron chi connectivity index (χ3n) is 2.49. The smallest absolute Gasteiger partial charge is 0.303 e. The third-order valence-corrected chi connectivity index (χ3v) is 3.57. The van der Waals surface area contributed by atoms with Gasteiger partial charge in [0.05, 0.1) is 0 Å². The van der Waals surface area contributed by atoms with E-state index in [-0.39, 0.29) is 6.42 Å². The van der Waals surface area contributed by atoms with Gasteiger partial charge in [0.15, 0.2) is 0 Å². The van der Waals surface area contributed by atoms with Crippen LogP contribution in [0.2, 0.25) is 0 Å². The molecule has 16 heavy (non-hydrogen) atoms. The number of aryl methyl sites for hydroxylation is 1. The first-order chi connectivity index (χ1) is 7.70. The molecule has 1 heterocycles. The van der Waals surface area contributed by atoms with Gasteiger partial charge in [0.25, 0.3) is 0 Å². The van der Waals surface area contributed by atoms with Gasteiger partial charge in [-0.2, -0.15) is 0 Å². The molecule has 0 amide bonds. The van der Waals surface area contributed by atoms with E-state index >= 15 is 0 Å². The maximum atomic E-state index is 10.3. The van der Waals surface area contributed by atoms with E-state index in [1.54, 1.807) is 11.3 Å². The highest BCUT2D eigenvalue weighted by molar-refractivity contribution is 7.10. The fraction of sp³-hybridized carbons (Fsp3) is 0.583. The van der Waals surface area contributed by atoms with Crippen molar-refractivity contribution in [3.63, 3.8) is 0 Å². The van der Waals surface area contributed by atoms with Crippen LogP contribution in [-0.4, -0.2) is 24.2 Å². The predicted molar refractivity (Wildman–Crippen MR) is 67.1 cm³/mol. The molecule has 0 atom stereocenters. The summed E-state index contributed by atoms with van der Waals surface area (Å²) >= 11 is 1.80. The van der Waals surface area contributed by atoms with Gasteiger partial charge in [0.1, 0.15) is 0 Å². The molecule has 0 radical (unpaired) electrons. The van der Waals surface area contributed by atoms with Crippen LogP contribution in [0.1, 0.15) is 29.7 Å². The number of carboxylic acids is 1. The second kappa shape index (κ2) is 7.41. The zero-order valence-corrected chi connectivity index (χ0v) is 10.5. The second-order valence-corrected chi connectivity index (χ2v) is 4.88. The van der Waals surface area contributed by atoms with Crippen molar-refractivity contribution in [3.05, 3.63) is 21.9 Å². The van der Waals surface area contributed by atoms with E-state index < -0.39 is 5.97 Å². The van der Waals surface area contributed by atoms with Crippen molar-refractivity contribution >= 4 is 17.3 Å². The van der Waals surface area contributed by atoms with Crippen molar-refractivity contribution in [1.29, 1.82) is 0 Å². The molecule has 0 aromatic carbocycles. The van der Waals surface area contributed by atoms with Crippen molar-refractivity contribution in [3.8, 4) is 0 Å². The number of carboxylic acid groups (broad SMARTS) is 1. The minimum atomic E-state index is -0.700. The van der Waals surface area contributed by atoms with Crippen LogP contribution >= 0.6 is 11.3 Å². The molecule has 0 bridgehead atoms. The van der Waals surface area contributed by atoms with Crippen LogP contribution in [0.3, 0.4) is 0 Å². The summed E-state index contributed by atoms with van der Waals surface area (Å²) in [5.74, 6) is -0.700. The van der Waals surface area contributed by atoms with Gasteiger partial charge in [0.2, 0.25) is 0 Å². The second-order valence-electron chi connectivity index (χ2n) is 3.88. The molecule has 90 valence electrons. The zero-order valence-electron chi connectivity index (χ0n) is 9.66. The van der Waals surface area contributed by atoms with Gasteiger partial charge < -0.3 is 10.4 Å². The molecular weight excluding hydrogens is 222 g/mol. The monoisotopic (exact) mass is 241 g/mol. The molecule has 1 rings (SSSR count). The number of nitrogens with one attached hydrogen (secondary N) is 1. The van der Waals surface area contributed by atoms with E-state index in [0.717, 1.165) is 32.4 Å². The lowest BCUT2D eigenvalue weighted by atomic mass is 10.2. The molecule has 1 aromatic rings. The summed E-state index contributed by atoms with van der Waals surface area (Å²) in [5, 5.41) is 13.9. The van der Waals surface area contributed by atoms with E-state index in [1.807, 2.05) is 0 Å². The van der Waals surface area contributed by atoms with E-state index in [1.165, 1.54) is 10.4 Å². The topological polar surface area (TPSA) is 49.3 Å². The van der Waals surface area contributed by atoms with Crippen LogP contribution in [0.15, 0.2) is 11.4 Å². The Bertz CT molecular complexity index is 323. The van der Waals surface area contributed by atoms with Crippen molar-refractivity contribution in [1.82, 2.24) is 5.32 Å². The standard InChI is InChI=1S/C12H19NO2S/c1-10-6-9-16-11(10)5-8-13-7-3-2-4-12(14)15/h6,9,13H,2-5,7-8H2,1H3,(H,14,15). The highest BCUT2D eigenvalue weighted by atomic mass is 32.1. The van der Waals surface area contributed by atoms with Crippen LogP contribution < -0.4 is 5.32 Å². The average molecular weight is 241 g/mol. The van der Waals surface area contributed by atoms with Gasteiger partial charge in [-0.3, -0.25) is 4.79 Å². The zero-order chi connectivity index (χ0) is 11.8. The molecule has 0 saturated heterocycles. The van der Waals surface area contributed by atoms with Crippen molar-refractivity contribution in [2.75, 3.05) is 13.1 Å². The highest BCUT2D eigenvalue weighted by Gasteiger charge is 1.99. The third kappa shape index (κ3) is 5.28. The Morgan fingerprint density at radius 1 is 1.44 bits per heavy atom. The van der Waals surface area contributed by atoms with Crippen LogP contribution in [0.25, 0.3) is 0 Å². The van der Waals surface area contributed by atoms with E-state index in [9.17, 15) is 4.79 Å². The van der Waals surface area contributed by atoms with Crippen molar-refractivity contribution in [2.45, 2.75) is 32.6 Å². The van der Waals surface area contributed by atoms with Gasteiger partial charge in [-0.1, -0.05) is 0 Å². The van der Waals surface area contributed by atoms with Crippen LogP contribution in [-0.2, 0) is 11.2 Å². The molecule has 2 N–H and O–H groups in total.